The van der Waals surface area contributed by atoms with Crippen LogP contribution in [-0.4, -0.2) is 24.6 Å². The lowest BCUT2D eigenvalue weighted by atomic mass is 9.49. The van der Waals surface area contributed by atoms with E-state index in [1.165, 1.54) is 12.0 Å². The van der Waals surface area contributed by atoms with Crippen LogP contribution in [0.2, 0.25) is 0 Å². The van der Waals surface area contributed by atoms with Gasteiger partial charge in [0, 0.05) is 11.8 Å². The fourth-order valence-electron chi connectivity index (χ4n) is 7.18. The molecule has 0 heterocycles. The molecule has 0 aromatic heterocycles. The van der Waals surface area contributed by atoms with Crippen molar-refractivity contribution < 1.29 is 19.1 Å². The van der Waals surface area contributed by atoms with Gasteiger partial charge < -0.3 is 9.47 Å². The zero-order valence-corrected chi connectivity index (χ0v) is 17.7. The number of unbranched alkanes of at least 4 members (excludes halogenated alkanes) is 1. The van der Waals surface area contributed by atoms with Gasteiger partial charge in [0.25, 0.3) is 0 Å². The molecular weight excluding hydrogens is 352 g/mol. The molecule has 0 amide bonds. The van der Waals surface area contributed by atoms with Crippen LogP contribution in [0.5, 0.6) is 0 Å². The first-order valence-electron chi connectivity index (χ1n) is 11.5. The molecule has 4 heteroatoms. The number of hydrogen-bond acceptors (Lipinski definition) is 4. The lowest BCUT2D eigenvalue weighted by Gasteiger charge is -2.55. The number of carbonyl (C=O) groups excluding carboxylic acids is 2. The van der Waals surface area contributed by atoms with Crippen molar-refractivity contribution in [2.45, 2.75) is 84.7 Å². The predicted octanol–water partition coefficient (Wildman–Crippen LogP) is 5.70. The number of ketones is 1. The van der Waals surface area contributed by atoms with Gasteiger partial charge in [0.15, 0.2) is 5.78 Å². The first-order chi connectivity index (χ1) is 13.4. The zero-order valence-electron chi connectivity index (χ0n) is 17.7. The Bertz CT molecular complexity index is 653. The maximum atomic E-state index is 12.2. The van der Waals surface area contributed by atoms with Crippen molar-refractivity contribution in [3.05, 3.63) is 11.6 Å². The molecule has 0 saturated heterocycles. The molecule has 156 valence electrons. The average molecular weight is 389 g/mol. The third-order valence-electron chi connectivity index (χ3n) is 8.51. The quantitative estimate of drug-likeness (QED) is 0.458. The molecule has 0 bridgehead atoms. The van der Waals surface area contributed by atoms with Crippen LogP contribution in [0, 0.1) is 35.0 Å². The van der Waals surface area contributed by atoms with Gasteiger partial charge >= 0.3 is 6.16 Å². The molecule has 4 rings (SSSR count). The molecule has 4 aliphatic rings. The maximum absolute atomic E-state index is 12.2. The van der Waals surface area contributed by atoms with E-state index in [-0.39, 0.29) is 11.5 Å². The number of fused-ring (bicyclic) bond motifs is 5. The molecule has 28 heavy (non-hydrogen) atoms. The van der Waals surface area contributed by atoms with Crippen LogP contribution in [0.3, 0.4) is 0 Å². The van der Waals surface area contributed by atoms with E-state index >= 15 is 0 Å². The summed E-state index contributed by atoms with van der Waals surface area (Å²) in [7, 11) is 0. The van der Waals surface area contributed by atoms with Crippen molar-refractivity contribution in [1.29, 1.82) is 0 Å². The second kappa shape index (κ2) is 7.84. The molecule has 3 saturated carbocycles. The predicted molar refractivity (Wildman–Crippen MR) is 108 cm³/mol. The van der Waals surface area contributed by atoms with Gasteiger partial charge in [-0.1, -0.05) is 32.8 Å². The summed E-state index contributed by atoms with van der Waals surface area (Å²) in [5, 5.41) is 0. The van der Waals surface area contributed by atoms with E-state index in [2.05, 4.69) is 20.8 Å². The molecular formula is C24H36O4. The van der Waals surface area contributed by atoms with Crippen molar-refractivity contribution in [3.8, 4) is 0 Å². The summed E-state index contributed by atoms with van der Waals surface area (Å²) in [6.07, 6.45) is 10.7. The molecule has 4 nitrogen and oxygen atoms in total. The minimum absolute atomic E-state index is 0.00958. The Kier molecular flexibility index (Phi) is 5.59. The summed E-state index contributed by atoms with van der Waals surface area (Å²) >= 11 is 0. The highest BCUT2D eigenvalue weighted by atomic mass is 16.7. The van der Waals surface area contributed by atoms with Crippen LogP contribution >= 0.6 is 0 Å². The third-order valence-corrected chi connectivity index (χ3v) is 8.51. The highest BCUT2D eigenvalue weighted by molar-refractivity contribution is 5.91. The lowest BCUT2D eigenvalue weighted by Crippen LogP contribution is -2.50. The third kappa shape index (κ3) is 3.41. The molecule has 0 N–H and O–H groups in total. The highest BCUT2D eigenvalue weighted by Crippen LogP contribution is 2.63. The van der Waals surface area contributed by atoms with Gasteiger partial charge in [-0.3, -0.25) is 4.79 Å². The van der Waals surface area contributed by atoms with Crippen LogP contribution in [0.25, 0.3) is 0 Å². The molecule has 4 aliphatic carbocycles. The molecule has 7 atom stereocenters. The summed E-state index contributed by atoms with van der Waals surface area (Å²) in [6.45, 7) is 7.28. The first-order valence-corrected chi connectivity index (χ1v) is 11.5. The van der Waals surface area contributed by atoms with Crippen LogP contribution in [-0.2, 0) is 14.3 Å². The Balaban J connectivity index is 1.47. The standard InChI is InChI=1S/C24H36O4/c1-4-5-12-27-23(26)28-21-9-8-20-22-15(2)13-16-14-17(25)6-7-18(16)19(22)10-11-24(20,21)3/h14-15,18-22H,4-13H2,1-3H3/t15-,18?,19?,20?,21-,22?,24-/m0/s1. The fraction of sp³-hybridized carbons (Fsp3) is 0.833. The van der Waals surface area contributed by atoms with E-state index in [1.54, 1.807) is 0 Å². The van der Waals surface area contributed by atoms with Crippen LogP contribution in [0.4, 0.5) is 4.79 Å². The highest BCUT2D eigenvalue weighted by Gasteiger charge is 2.59. The van der Waals surface area contributed by atoms with Gasteiger partial charge in [-0.15, -0.1) is 0 Å². The summed E-state index contributed by atoms with van der Waals surface area (Å²) < 4.78 is 11.1. The molecule has 4 unspecified atom stereocenters. The van der Waals surface area contributed by atoms with Crippen molar-refractivity contribution in [2.75, 3.05) is 6.61 Å². The Hall–Kier alpha value is -1.32. The monoisotopic (exact) mass is 388 g/mol. The van der Waals surface area contributed by atoms with Gasteiger partial charge in [-0.05, 0) is 80.6 Å². The Morgan fingerprint density at radius 3 is 2.86 bits per heavy atom. The van der Waals surface area contributed by atoms with E-state index < -0.39 is 6.16 Å². The Morgan fingerprint density at radius 2 is 2.07 bits per heavy atom. The Morgan fingerprint density at radius 1 is 1.25 bits per heavy atom. The van der Waals surface area contributed by atoms with E-state index in [0.29, 0.717) is 42.0 Å². The molecule has 0 spiro atoms. The minimum atomic E-state index is -0.477. The van der Waals surface area contributed by atoms with Crippen molar-refractivity contribution in [2.24, 2.45) is 35.0 Å². The first kappa shape index (κ1) is 20.0. The summed E-state index contributed by atoms with van der Waals surface area (Å²) in [6, 6.07) is 0. The van der Waals surface area contributed by atoms with Gasteiger partial charge in [0.2, 0.25) is 0 Å². The fourth-order valence-corrected chi connectivity index (χ4v) is 7.18. The van der Waals surface area contributed by atoms with E-state index in [0.717, 1.165) is 51.4 Å². The Labute approximate surface area is 169 Å². The van der Waals surface area contributed by atoms with Crippen LogP contribution in [0.1, 0.15) is 78.6 Å². The van der Waals surface area contributed by atoms with Crippen LogP contribution in [0.15, 0.2) is 11.6 Å². The topological polar surface area (TPSA) is 52.6 Å². The summed E-state index contributed by atoms with van der Waals surface area (Å²) in [5.41, 5.74) is 1.50. The van der Waals surface area contributed by atoms with Gasteiger partial charge in [0.1, 0.15) is 6.10 Å². The van der Waals surface area contributed by atoms with Gasteiger partial charge in [0.05, 0.1) is 6.61 Å². The average Bonchev–Trinajstić information content (AvgIpc) is 2.98. The second-order valence-corrected chi connectivity index (χ2v) is 10.0. The maximum Gasteiger partial charge on any atom is 0.508 e. The van der Waals surface area contributed by atoms with Crippen molar-refractivity contribution in [3.63, 3.8) is 0 Å². The molecule has 3 fully saturated rings. The number of hydrogen-bond donors (Lipinski definition) is 0. The summed E-state index contributed by atoms with van der Waals surface area (Å²) in [5.74, 6) is 3.57. The van der Waals surface area contributed by atoms with Crippen molar-refractivity contribution >= 4 is 11.9 Å². The number of ether oxygens (including phenoxy) is 2. The normalized spacial score (nSPS) is 42.1. The minimum Gasteiger partial charge on any atom is -0.434 e. The second-order valence-electron chi connectivity index (χ2n) is 10.0. The largest absolute Gasteiger partial charge is 0.508 e. The SMILES string of the molecule is CCCCOC(=O)O[C@H]1CCC2C3C(CC[C@@]21C)C1CCC(=O)C=C1C[C@@H]3C. The molecule has 0 aromatic rings. The number of allylic oxidation sites excluding steroid dienone is 1. The van der Waals surface area contributed by atoms with E-state index in [1.807, 2.05) is 6.08 Å². The molecule has 0 aliphatic heterocycles. The van der Waals surface area contributed by atoms with E-state index in [4.69, 9.17) is 9.47 Å². The van der Waals surface area contributed by atoms with Crippen LogP contribution < -0.4 is 0 Å². The molecule has 0 radical (unpaired) electrons. The summed E-state index contributed by atoms with van der Waals surface area (Å²) in [4.78, 5) is 24.1. The number of carbonyl (C=O) groups is 2. The van der Waals surface area contributed by atoms with Gasteiger partial charge in [-0.25, -0.2) is 4.79 Å². The zero-order chi connectivity index (χ0) is 19.9. The lowest BCUT2D eigenvalue weighted by molar-refractivity contribution is -0.116. The molecule has 0 aromatic carbocycles. The van der Waals surface area contributed by atoms with E-state index in [9.17, 15) is 9.59 Å². The number of rotatable bonds is 4. The van der Waals surface area contributed by atoms with Crippen molar-refractivity contribution in [1.82, 2.24) is 0 Å². The smallest absolute Gasteiger partial charge is 0.434 e. The van der Waals surface area contributed by atoms with Gasteiger partial charge in [-0.2, -0.15) is 0 Å².